The number of rotatable bonds is 6. The molecular formula is C15H19NO5. The summed E-state index contributed by atoms with van der Waals surface area (Å²) >= 11 is 0. The van der Waals surface area contributed by atoms with Gasteiger partial charge < -0.3 is 14.8 Å². The Labute approximate surface area is 123 Å². The smallest absolute Gasteiger partial charge is 0.308 e. The minimum Gasteiger partial charge on any atom is -0.469 e. The van der Waals surface area contributed by atoms with Gasteiger partial charge in [-0.15, -0.1) is 0 Å². The molecule has 1 unspecified atom stereocenters. The van der Waals surface area contributed by atoms with Gasteiger partial charge in [-0.25, -0.2) is 0 Å². The fraction of sp³-hybridized carbons (Fsp3) is 0.400. The molecule has 1 aromatic rings. The van der Waals surface area contributed by atoms with Crippen LogP contribution in [0.4, 0.5) is 0 Å². The van der Waals surface area contributed by atoms with Crippen molar-refractivity contribution < 1.29 is 23.9 Å². The van der Waals surface area contributed by atoms with Crippen molar-refractivity contribution in [1.29, 1.82) is 0 Å². The maximum Gasteiger partial charge on any atom is 0.308 e. The molecule has 1 amide bonds. The molecule has 0 saturated heterocycles. The average molecular weight is 293 g/mol. The first-order valence-electron chi connectivity index (χ1n) is 6.62. The summed E-state index contributed by atoms with van der Waals surface area (Å²) < 4.78 is 9.51. The molecule has 0 aliphatic heterocycles. The van der Waals surface area contributed by atoms with E-state index in [2.05, 4.69) is 10.1 Å². The average Bonchev–Trinajstić information content (AvgIpc) is 2.45. The number of ether oxygens (including phenoxy) is 2. The van der Waals surface area contributed by atoms with Gasteiger partial charge >= 0.3 is 11.9 Å². The highest BCUT2D eigenvalue weighted by Crippen LogP contribution is 2.14. The molecule has 6 nitrogen and oxygen atoms in total. The monoisotopic (exact) mass is 293 g/mol. The molecule has 1 atom stereocenters. The van der Waals surface area contributed by atoms with Crippen LogP contribution < -0.4 is 10.1 Å². The van der Waals surface area contributed by atoms with Gasteiger partial charge in [-0.2, -0.15) is 0 Å². The van der Waals surface area contributed by atoms with Crippen LogP contribution >= 0.6 is 0 Å². The maximum absolute atomic E-state index is 12.1. The summed E-state index contributed by atoms with van der Waals surface area (Å²) in [5.74, 6) is -0.864. The minimum atomic E-state index is -0.454. The summed E-state index contributed by atoms with van der Waals surface area (Å²) in [6.07, 6.45) is 0.715. The zero-order valence-electron chi connectivity index (χ0n) is 12.3. The standard InChI is InChI=1S/C15H19NO5/c1-4-12(9-14(18)20-3)16-15(19)11-6-5-7-13(8-11)21-10(2)17/h5-8,12H,4,9H2,1-3H3,(H,16,19). The van der Waals surface area contributed by atoms with Crippen LogP contribution in [0.15, 0.2) is 24.3 Å². The predicted molar refractivity (Wildman–Crippen MR) is 75.9 cm³/mol. The number of benzene rings is 1. The van der Waals surface area contributed by atoms with Crippen LogP contribution in [-0.4, -0.2) is 31.0 Å². The normalized spacial score (nSPS) is 11.4. The van der Waals surface area contributed by atoms with Crippen LogP contribution in [-0.2, 0) is 14.3 Å². The Morgan fingerprint density at radius 2 is 2.00 bits per heavy atom. The van der Waals surface area contributed by atoms with Crippen LogP contribution in [0.1, 0.15) is 37.0 Å². The predicted octanol–water partition coefficient (Wildman–Crippen LogP) is 1.68. The molecule has 0 saturated carbocycles. The Morgan fingerprint density at radius 1 is 1.29 bits per heavy atom. The second-order valence-electron chi connectivity index (χ2n) is 4.48. The molecule has 0 aliphatic rings. The van der Waals surface area contributed by atoms with E-state index in [1.807, 2.05) is 6.92 Å². The van der Waals surface area contributed by atoms with Crippen LogP contribution in [0.5, 0.6) is 5.75 Å². The van der Waals surface area contributed by atoms with Gasteiger partial charge in [0.2, 0.25) is 0 Å². The van der Waals surface area contributed by atoms with Gasteiger partial charge in [0, 0.05) is 18.5 Å². The molecule has 1 aromatic carbocycles. The van der Waals surface area contributed by atoms with E-state index in [4.69, 9.17) is 4.74 Å². The number of amides is 1. The Balaban J connectivity index is 2.73. The van der Waals surface area contributed by atoms with E-state index in [-0.39, 0.29) is 24.3 Å². The maximum atomic E-state index is 12.1. The summed E-state index contributed by atoms with van der Waals surface area (Å²) in [5, 5.41) is 2.75. The minimum absolute atomic E-state index is 0.113. The fourth-order valence-corrected chi connectivity index (χ4v) is 1.72. The van der Waals surface area contributed by atoms with Crippen molar-refractivity contribution in [2.24, 2.45) is 0 Å². The zero-order chi connectivity index (χ0) is 15.8. The van der Waals surface area contributed by atoms with Gasteiger partial charge in [0.15, 0.2) is 0 Å². The Bertz CT molecular complexity index is 527. The number of esters is 2. The molecular weight excluding hydrogens is 274 g/mol. The van der Waals surface area contributed by atoms with Crippen LogP contribution in [0.3, 0.4) is 0 Å². The number of nitrogens with one attached hydrogen (secondary N) is 1. The van der Waals surface area contributed by atoms with E-state index in [0.29, 0.717) is 17.7 Å². The molecule has 0 bridgehead atoms. The first kappa shape index (κ1) is 16.7. The van der Waals surface area contributed by atoms with Crippen molar-refractivity contribution in [3.8, 4) is 5.75 Å². The molecule has 0 spiro atoms. The molecule has 0 heterocycles. The Hall–Kier alpha value is -2.37. The van der Waals surface area contributed by atoms with E-state index in [1.54, 1.807) is 18.2 Å². The quantitative estimate of drug-likeness (QED) is 0.637. The summed E-state index contributed by atoms with van der Waals surface area (Å²) in [6.45, 7) is 3.15. The third-order valence-corrected chi connectivity index (χ3v) is 2.83. The van der Waals surface area contributed by atoms with Crippen molar-refractivity contribution in [1.82, 2.24) is 5.32 Å². The van der Waals surface area contributed by atoms with Crippen LogP contribution in [0.2, 0.25) is 0 Å². The van der Waals surface area contributed by atoms with Gasteiger partial charge in [-0.1, -0.05) is 13.0 Å². The number of carbonyl (C=O) groups is 3. The molecule has 0 aromatic heterocycles. The van der Waals surface area contributed by atoms with Gasteiger partial charge in [0.25, 0.3) is 5.91 Å². The topological polar surface area (TPSA) is 81.7 Å². The van der Waals surface area contributed by atoms with Crippen molar-refractivity contribution in [2.45, 2.75) is 32.7 Å². The van der Waals surface area contributed by atoms with Crippen molar-refractivity contribution in [3.63, 3.8) is 0 Å². The molecule has 6 heteroatoms. The first-order valence-corrected chi connectivity index (χ1v) is 6.62. The van der Waals surface area contributed by atoms with E-state index in [1.165, 1.54) is 20.1 Å². The van der Waals surface area contributed by atoms with E-state index in [9.17, 15) is 14.4 Å². The summed E-state index contributed by atoms with van der Waals surface area (Å²) in [5.41, 5.74) is 0.358. The highest BCUT2D eigenvalue weighted by atomic mass is 16.5. The lowest BCUT2D eigenvalue weighted by Crippen LogP contribution is -2.36. The Morgan fingerprint density at radius 3 is 2.57 bits per heavy atom. The SMILES string of the molecule is CCC(CC(=O)OC)NC(=O)c1cccc(OC(C)=O)c1. The molecule has 114 valence electrons. The highest BCUT2D eigenvalue weighted by molar-refractivity contribution is 5.95. The van der Waals surface area contributed by atoms with Crippen molar-refractivity contribution in [3.05, 3.63) is 29.8 Å². The number of hydrogen-bond acceptors (Lipinski definition) is 5. The summed E-state index contributed by atoms with van der Waals surface area (Å²) in [7, 11) is 1.31. The summed E-state index contributed by atoms with van der Waals surface area (Å²) in [4.78, 5) is 34.3. The van der Waals surface area contributed by atoms with Gasteiger partial charge in [0.05, 0.1) is 13.5 Å². The van der Waals surface area contributed by atoms with Crippen molar-refractivity contribution >= 4 is 17.8 Å². The van der Waals surface area contributed by atoms with E-state index >= 15 is 0 Å². The molecule has 1 N–H and O–H groups in total. The third kappa shape index (κ3) is 5.64. The summed E-state index contributed by atoms with van der Waals surface area (Å²) in [6, 6.07) is 5.98. The molecule has 0 aliphatic carbocycles. The van der Waals surface area contributed by atoms with Gasteiger partial charge in [-0.05, 0) is 24.6 Å². The number of carbonyl (C=O) groups excluding carboxylic acids is 3. The molecule has 0 radical (unpaired) electrons. The zero-order valence-corrected chi connectivity index (χ0v) is 12.3. The van der Waals surface area contributed by atoms with Gasteiger partial charge in [0.1, 0.15) is 5.75 Å². The number of methoxy groups -OCH3 is 1. The first-order chi connectivity index (χ1) is 9.96. The van der Waals surface area contributed by atoms with Crippen LogP contribution in [0, 0.1) is 0 Å². The lowest BCUT2D eigenvalue weighted by molar-refractivity contribution is -0.141. The fourth-order valence-electron chi connectivity index (χ4n) is 1.72. The van der Waals surface area contributed by atoms with E-state index in [0.717, 1.165) is 0 Å². The highest BCUT2D eigenvalue weighted by Gasteiger charge is 2.16. The molecule has 21 heavy (non-hydrogen) atoms. The number of hydrogen-bond donors (Lipinski definition) is 1. The molecule has 0 fully saturated rings. The second-order valence-corrected chi connectivity index (χ2v) is 4.48. The van der Waals surface area contributed by atoms with E-state index < -0.39 is 5.97 Å². The molecule has 1 rings (SSSR count). The third-order valence-electron chi connectivity index (χ3n) is 2.83. The lowest BCUT2D eigenvalue weighted by Gasteiger charge is -2.16. The van der Waals surface area contributed by atoms with Crippen molar-refractivity contribution in [2.75, 3.05) is 7.11 Å². The Kier molecular flexibility index (Phi) is 6.39. The second kappa shape index (κ2) is 8.04. The van der Waals surface area contributed by atoms with Crippen LogP contribution in [0.25, 0.3) is 0 Å². The lowest BCUT2D eigenvalue weighted by atomic mass is 10.1. The largest absolute Gasteiger partial charge is 0.469 e. The van der Waals surface area contributed by atoms with Gasteiger partial charge in [-0.3, -0.25) is 14.4 Å².